The highest BCUT2D eigenvalue weighted by atomic mass is 35.5. The number of pyridine rings is 1. The minimum Gasteiger partial charge on any atom is -0.392 e. The van der Waals surface area contributed by atoms with E-state index in [2.05, 4.69) is 4.98 Å². The van der Waals surface area contributed by atoms with Crippen molar-refractivity contribution < 1.29 is 13.9 Å². The monoisotopic (exact) mass is 222 g/mol. The first-order valence-corrected chi connectivity index (χ1v) is 4.25. The van der Waals surface area contributed by atoms with E-state index in [4.69, 9.17) is 22.4 Å². The lowest BCUT2D eigenvalue weighted by molar-refractivity contribution is 0.141. The molecule has 0 aliphatic carbocycles. The highest BCUT2D eigenvalue weighted by Gasteiger charge is 2.16. The predicted molar refractivity (Wildman–Crippen MR) is 48.0 cm³/mol. The second-order valence-corrected chi connectivity index (χ2v) is 3.03. The molecule has 0 aliphatic rings. The van der Waals surface area contributed by atoms with Gasteiger partial charge in [0.05, 0.1) is 17.3 Å². The van der Waals surface area contributed by atoms with Gasteiger partial charge in [-0.1, -0.05) is 11.6 Å². The molecule has 0 bridgehead atoms. The van der Waals surface area contributed by atoms with Crippen LogP contribution in [0.4, 0.5) is 8.78 Å². The Morgan fingerprint density at radius 2 is 2.21 bits per heavy atom. The minimum absolute atomic E-state index is 0.00966. The lowest BCUT2D eigenvalue weighted by Gasteiger charge is -2.09. The van der Waals surface area contributed by atoms with Gasteiger partial charge in [-0.15, -0.1) is 0 Å². The second-order valence-electron chi connectivity index (χ2n) is 2.62. The number of aliphatic hydroxyl groups is 1. The van der Waals surface area contributed by atoms with E-state index in [1.54, 1.807) is 0 Å². The molecule has 1 aromatic heterocycles. The van der Waals surface area contributed by atoms with E-state index in [1.807, 2.05) is 0 Å². The van der Waals surface area contributed by atoms with Crippen molar-refractivity contribution in [2.75, 3.05) is 0 Å². The number of nitrogens with zero attached hydrogens (tertiary/aromatic N) is 1. The number of nitrogens with two attached hydrogens (primary N) is 1. The van der Waals surface area contributed by atoms with Crippen LogP contribution < -0.4 is 5.73 Å². The average Bonchev–Trinajstić information content (AvgIpc) is 2.16. The summed E-state index contributed by atoms with van der Waals surface area (Å²) in [7, 11) is 0. The molecule has 3 N–H and O–H groups in total. The molecule has 0 aliphatic heterocycles. The lowest BCUT2D eigenvalue weighted by atomic mass is 10.2. The Hall–Kier alpha value is -0.780. The first-order chi connectivity index (χ1) is 6.60. The zero-order valence-corrected chi connectivity index (χ0v) is 7.93. The van der Waals surface area contributed by atoms with E-state index in [9.17, 15) is 8.78 Å². The van der Waals surface area contributed by atoms with Gasteiger partial charge in [0.1, 0.15) is 5.69 Å². The zero-order valence-electron chi connectivity index (χ0n) is 7.17. The smallest absolute Gasteiger partial charge is 0.280 e. The fraction of sp³-hybridized carbons (Fsp3) is 0.375. The van der Waals surface area contributed by atoms with E-state index in [0.29, 0.717) is 0 Å². The van der Waals surface area contributed by atoms with Gasteiger partial charge in [-0.05, 0) is 6.07 Å². The number of aliphatic hydroxyl groups excluding tert-OH is 1. The number of halogens is 3. The average molecular weight is 223 g/mol. The van der Waals surface area contributed by atoms with Gasteiger partial charge in [0.15, 0.2) is 0 Å². The molecular weight excluding hydrogens is 214 g/mol. The summed E-state index contributed by atoms with van der Waals surface area (Å²) in [6.07, 6.45) is -2.74. The highest BCUT2D eigenvalue weighted by Crippen LogP contribution is 2.25. The van der Waals surface area contributed by atoms with E-state index < -0.39 is 18.7 Å². The molecule has 0 unspecified atom stereocenters. The minimum atomic E-state index is -2.74. The summed E-state index contributed by atoms with van der Waals surface area (Å²) >= 11 is 5.69. The quantitative estimate of drug-likeness (QED) is 0.817. The van der Waals surface area contributed by atoms with Crippen LogP contribution in [0.1, 0.15) is 23.4 Å². The van der Waals surface area contributed by atoms with E-state index in [1.165, 1.54) is 6.07 Å². The second kappa shape index (κ2) is 4.63. The molecule has 0 amide bonds. The van der Waals surface area contributed by atoms with Crippen molar-refractivity contribution in [3.8, 4) is 0 Å². The van der Waals surface area contributed by atoms with Crippen LogP contribution in [0.2, 0.25) is 5.02 Å². The van der Waals surface area contributed by atoms with E-state index >= 15 is 0 Å². The molecular formula is C8H9ClF2N2O. The van der Waals surface area contributed by atoms with E-state index in [-0.39, 0.29) is 22.8 Å². The van der Waals surface area contributed by atoms with Crippen LogP contribution >= 0.6 is 11.6 Å². The van der Waals surface area contributed by atoms with Gasteiger partial charge in [-0.3, -0.25) is 0 Å². The topological polar surface area (TPSA) is 59.1 Å². The Morgan fingerprint density at radius 1 is 1.57 bits per heavy atom. The van der Waals surface area contributed by atoms with Gasteiger partial charge in [0.25, 0.3) is 6.43 Å². The molecule has 14 heavy (non-hydrogen) atoms. The number of rotatable bonds is 3. The summed E-state index contributed by atoms with van der Waals surface area (Å²) in [5.41, 5.74) is 5.03. The van der Waals surface area contributed by atoms with Crippen molar-refractivity contribution in [3.63, 3.8) is 0 Å². The van der Waals surface area contributed by atoms with Crippen LogP contribution in [0, 0.1) is 0 Å². The van der Waals surface area contributed by atoms with Gasteiger partial charge in [-0.25, -0.2) is 13.8 Å². The van der Waals surface area contributed by atoms with Crippen molar-refractivity contribution >= 4 is 11.6 Å². The van der Waals surface area contributed by atoms with Crippen molar-refractivity contribution in [1.29, 1.82) is 0 Å². The lowest BCUT2D eigenvalue weighted by Crippen LogP contribution is -2.07. The molecule has 78 valence electrons. The molecule has 0 radical (unpaired) electrons. The van der Waals surface area contributed by atoms with Crippen molar-refractivity contribution in [2.45, 2.75) is 19.6 Å². The maximum atomic E-state index is 12.4. The predicted octanol–water partition coefficient (Wildman–Crippen LogP) is 1.62. The van der Waals surface area contributed by atoms with Gasteiger partial charge in [0.2, 0.25) is 0 Å². The third-order valence-electron chi connectivity index (χ3n) is 1.73. The molecule has 1 heterocycles. The first kappa shape index (κ1) is 11.3. The van der Waals surface area contributed by atoms with Crippen LogP contribution in [0.15, 0.2) is 6.07 Å². The van der Waals surface area contributed by atoms with Crippen molar-refractivity contribution in [3.05, 3.63) is 28.0 Å². The van der Waals surface area contributed by atoms with Gasteiger partial charge in [-0.2, -0.15) is 0 Å². The van der Waals surface area contributed by atoms with Crippen LogP contribution in [0.3, 0.4) is 0 Å². The third kappa shape index (κ3) is 2.17. The van der Waals surface area contributed by atoms with Crippen molar-refractivity contribution in [2.24, 2.45) is 5.73 Å². The molecule has 0 saturated heterocycles. The first-order valence-electron chi connectivity index (χ1n) is 3.87. The largest absolute Gasteiger partial charge is 0.392 e. The highest BCUT2D eigenvalue weighted by molar-refractivity contribution is 6.31. The van der Waals surface area contributed by atoms with Gasteiger partial charge >= 0.3 is 0 Å². The summed E-state index contributed by atoms with van der Waals surface area (Å²) in [6.45, 7) is -0.526. The molecule has 1 rings (SSSR count). The third-order valence-corrected chi connectivity index (χ3v) is 2.06. The summed E-state index contributed by atoms with van der Waals surface area (Å²) in [5, 5.41) is 8.99. The van der Waals surface area contributed by atoms with Crippen LogP contribution in [0.25, 0.3) is 0 Å². The van der Waals surface area contributed by atoms with Gasteiger partial charge in [0, 0.05) is 12.1 Å². The zero-order chi connectivity index (χ0) is 10.7. The molecule has 0 spiro atoms. The van der Waals surface area contributed by atoms with E-state index in [0.717, 1.165) is 0 Å². The Kier molecular flexibility index (Phi) is 3.74. The molecule has 0 aromatic carbocycles. The fourth-order valence-corrected chi connectivity index (χ4v) is 1.29. The number of hydrogen-bond acceptors (Lipinski definition) is 3. The van der Waals surface area contributed by atoms with Gasteiger partial charge < -0.3 is 10.8 Å². The number of hydrogen-bond donors (Lipinski definition) is 2. The Balaban J connectivity index is 3.25. The van der Waals surface area contributed by atoms with Crippen LogP contribution in [0.5, 0.6) is 0 Å². The Morgan fingerprint density at radius 3 is 2.64 bits per heavy atom. The molecule has 0 fully saturated rings. The molecule has 6 heteroatoms. The SMILES string of the molecule is NCc1nc(C(F)F)c(CO)cc1Cl. The summed E-state index contributed by atoms with van der Waals surface area (Å²) in [4.78, 5) is 3.59. The molecule has 0 atom stereocenters. The normalized spacial score (nSPS) is 11.0. The molecule has 3 nitrogen and oxygen atoms in total. The van der Waals surface area contributed by atoms with Crippen molar-refractivity contribution in [1.82, 2.24) is 4.98 Å². The standard InChI is InChI=1S/C8H9ClF2N2O/c9-5-1-4(3-14)7(8(10)11)13-6(5)2-12/h1,8,14H,2-3,12H2. The number of aromatic nitrogens is 1. The summed E-state index contributed by atoms with van der Waals surface area (Å²) < 4.78 is 24.8. The maximum absolute atomic E-state index is 12.4. The Bertz CT molecular complexity index is 333. The summed E-state index contributed by atoms with van der Waals surface area (Å²) in [5.74, 6) is 0. The van der Waals surface area contributed by atoms with Crippen LogP contribution in [-0.4, -0.2) is 10.1 Å². The summed E-state index contributed by atoms with van der Waals surface area (Å²) in [6, 6.07) is 1.26. The maximum Gasteiger partial charge on any atom is 0.280 e. The molecule has 1 aromatic rings. The Labute approximate surface area is 84.5 Å². The fourth-order valence-electron chi connectivity index (χ4n) is 1.04. The van der Waals surface area contributed by atoms with Crippen LogP contribution in [-0.2, 0) is 13.2 Å². The number of alkyl halides is 2. The molecule has 0 saturated carbocycles.